The average molecular weight is 563 g/mol. The molecule has 0 aliphatic carbocycles. The first-order chi connectivity index (χ1) is 19.8. The van der Waals surface area contributed by atoms with Gasteiger partial charge in [-0.25, -0.2) is 13.8 Å². The maximum Gasteiger partial charge on any atom is 0.296 e. The van der Waals surface area contributed by atoms with Crippen LogP contribution in [0.2, 0.25) is 0 Å². The molecule has 2 saturated heterocycles. The van der Waals surface area contributed by atoms with E-state index < -0.39 is 23.9 Å². The summed E-state index contributed by atoms with van der Waals surface area (Å²) in [5, 5.41) is 6.80. The van der Waals surface area contributed by atoms with Gasteiger partial charge in [-0.3, -0.25) is 4.57 Å². The number of nitrogens with one attached hydrogen (secondary N) is 2. The van der Waals surface area contributed by atoms with Crippen LogP contribution >= 0.6 is 0 Å². The van der Waals surface area contributed by atoms with E-state index in [4.69, 9.17) is 9.72 Å². The summed E-state index contributed by atoms with van der Waals surface area (Å²) in [4.78, 5) is 20.6. The predicted octanol–water partition coefficient (Wildman–Crippen LogP) is 4.66. The van der Waals surface area contributed by atoms with E-state index in [9.17, 15) is 8.78 Å². The lowest BCUT2D eigenvalue weighted by Gasteiger charge is -2.29. The summed E-state index contributed by atoms with van der Waals surface area (Å²) in [6.07, 6.45) is -1.37. The van der Waals surface area contributed by atoms with Crippen LogP contribution in [-0.4, -0.2) is 74.8 Å². The second-order valence-corrected chi connectivity index (χ2v) is 11.6. The number of benzene rings is 2. The van der Waals surface area contributed by atoms with Crippen molar-refractivity contribution in [3.05, 3.63) is 71.3 Å². The largest absolute Gasteiger partial charge is 0.368 e. The van der Waals surface area contributed by atoms with Gasteiger partial charge in [0.2, 0.25) is 11.9 Å². The predicted molar refractivity (Wildman–Crippen MR) is 154 cm³/mol. The van der Waals surface area contributed by atoms with Crippen LogP contribution in [0.1, 0.15) is 61.5 Å². The molecule has 2 unspecified atom stereocenters. The van der Waals surface area contributed by atoms with Gasteiger partial charge in [-0.05, 0) is 69.5 Å². The zero-order chi connectivity index (χ0) is 28.6. The van der Waals surface area contributed by atoms with E-state index in [0.29, 0.717) is 41.9 Å². The minimum Gasteiger partial charge on any atom is -0.368 e. The van der Waals surface area contributed by atoms with Crippen molar-refractivity contribution in [3.8, 4) is 5.95 Å². The number of aromatic nitrogens is 5. The fourth-order valence-corrected chi connectivity index (χ4v) is 5.92. The SMILES string of the molecule is CN1CCC(c2ccccc2CC(C)(C)Nc2nc(C3CNCCO3)nc(-n3c(C(F)F)nc4ccccc43)n2)C1. The molecule has 2 aromatic carbocycles. The summed E-state index contributed by atoms with van der Waals surface area (Å²) in [6.45, 7) is 8.09. The number of imidazole rings is 1. The van der Waals surface area contributed by atoms with Crippen molar-refractivity contribution >= 4 is 17.0 Å². The van der Waals surface area contributed by atoms with Gasteiger partial charge in [0.25, 0.3) is 6.43 Å². The van der Waals surface area contributed by atoms with Gasteiger partial charge in [0.1, 0.15) is 6.10 Å². The van der Waals surface area contributed by atoms with E-state index in [2.05, 4.69) is 75.6 Å². The van der Waals surface area contributed by atoms with E-state index in [1.165, 1.54) is 15.7 Å². The Hall–Kier alpha value is -3.54. The minimum absolute atomic E-state index is 0.0841. The molecule has 2 aliphatic rings. The first-order valence-corrected chi connectivity index (χ1v) is 14.2. The number of para-hydroxylation sites is 2. The van der Waals surface area contributed by atoms with Crippen LogP contribution in [0.25, 0.3) is 17.0 Å². The molecule has 0 spiro atoms. The highest BCUT2D eigenvalue weighted by molar-refractivity contribution is 5.77. The first-order valence-electron chi connectivity index (χ1n) is 14.2. The fourth-order valence-electron chi connectivity index (χ4n) is 5.92. The monoisotopic (exact) mass is 562 g/mol. The van der Waals surface area contributed by atoms with Crippen molar-refractivity contribution < 1.29 is 13.5 Å². The number of ether oxygens (including phenoxy) is 1. The fraction of sp³-hybridized carbons (Fsp3) is 0.467. The normalized spacial score (nSPS) is 20.2. The first kappa shape index (κ1) is 27.6. The summed E-state index contributed by atoms with van der Waals surface area (Å²) in [5.41, 5.74) is 3.15. The maximum absolute atomic E-state index is 14.2. The van der Waals surface area contributed by atoms with Crippen molar-refractivity contribution in [2.75, 3.05) is 45.2 Å². The van der Waals surface area contributed by atoms with Gasteiger partial charge < -0.3 is 20.3 Å². The number of alkyl halides is 2. The van der Waals surface area contributed by atoms with Crippen LogP contribution in [-0.2, 0) is 11.2 Å². The Labute approximate surface area is 238 Å². The van der Waals surface area contributed by atoms with E-state index in [0.717, 1.165) is 32.5 Å². The van der Waals surface area contributed by atoms with Crippen LogP contribution in [0.3, 0.4) is 0 Å². The molecule has 2 fully saturated rings. The summed E-state index contributed by atoms with van der Waals surface area (Å²) in [5.74, 6) is 0.862. The lowest BCUT2D eigenvalue weighted by Crippen LogP contribution is -2.37. The van der Waals surface area contributed by atoms with E-state index in [1.807, 2.05) is 0 Å². The molecule has 2 atom stereocenters. The zero-order valence-corrected chi connectivity index (χ0v) is 23.6. The van der Waals surface area contributed by atoms with Crippen molar-refractivity contribution in [2.45, 2.75) is 50.7 Å². The third-order valence-corrected chi connectivity index (χ3v) is 7.81. The van der Waals surface area contributed by atoms with Crippen LogP contribution in [0.15, 0.2) is 48.5 Å². The molecule has 2 N–H and O–H groups in total. The summed E-state index contributed by atoms with van der Waals surface area (Å²) in [6, 6.07) is 15.6. The molecule has 2 aliphatic heterocycles. The number of anilines is 1. The second kappa shape index (κ2) is 11.4. The van der Waals surface area contributed by atoms with Crippen LogP contribution in [0.4, 0.5) is 14.7 Å². The molecule has 0 radical (unpaired) electrons. The molecule has 0 saturated carbocycles. The summed E-state index contributed by atoms with van der Waals surface area (Å²) in [7, 11) is 2.17. The number of hydrogen-bond acceptors (Lipinski definition) is 8. The molecule has 2 aromatic heterocycles. The molecule has 4 aromatic rings. The molecular weight excluding hydrogens is 526 g/mol. The van der Waals surface area contributed by atoms with Crippen molar-refractivity contribution in [2.24, 2.45) is 0 Å². The van der Waals surface area contributed by atoms with E-state index in [1.54, 1.807) is 24.3 Å². The Morgan fingerprint density at radius 1 is 1.07 bits per heavy atom. The van der Waals surface area contributed by atoms with Gasteiger partial charge in [-0.15, -0.1) is 0 Å². The maximum atomic E-state index is 14.2. The zero-order valence-electron chi connectivity index (χ0n) is 23.6. The molecule has 9 nitrogen and oxygen atoms in total. The van der Waals surface area contributed by atoms with Crippen LogP contribution < -0.4 is 10.6 Å². The van der Waals surface area contributed by atoms with Crippen LogP contribution in [0.5, 0.6) is 0 Å². The standard InChI is InChI=1S/C30H36F2N8O/c1-30(2,16-19-8-4-5-9-21(19)20-12-14-39(3)18-20)38-28-35-26(24-17-33-13-15-41-24)36-29(37-28)40-23-11-7-6-10-22(23)34-27(40)25(31)32/h4-11,20,24-25,33H,12-18H2,1-3H3,(H,35,36,37,38). The number of fused-ring (bicyclic) bond motifs is 1. The van der Waals surface area contributed by atoms with E-state index in [-0.39, 0.29) is 5.95 Å². The Kier molecular flexibility index (Phi) is 7.67. The Morgan fingerprint density at radius 3 is 2.63 bits per heavy atom. The summed E-state index contributed by atoms with van der Waals surface area (Å²) < 4.78 is 35.7. The minimum atomic E-state index is -2.81. The van der Waals surface area contributed by atoms with Crippen LogP contribution in [0, 0.1) is 0 Å². The third kappa shape index (κ3) is 5.93. The number of morpholine rings is 1. The molecule has 11 heteroatoms. The van der Waals surface area contributed by atoms with Crippen molar-refractivity contribution in [3.63, 3.8) is 0 Å². The van der Waals surface area contributed by atoms with Gasteiger partial charge in [0, 0.05) is 25.2 Å². The lowest BCUT2D eigenvalue weighted by molar-refractivity contribution is 0.0220. The number of likely N-dealkylation sites (N-methyl/N-ethyl adjacent to an activating group) is 1. The Bertz CT molecular complexity index is 1520. The number of halogens is 2. The smallest absolute Gasteiger partial charge is 0.296 e. The third-order valence-electron chi connectivity index (χ3n) is 7.81. The Morgan fingerprint density at radius 2 is 1.88 bits per heavy atom. The highest BCUT2D eigenvalue weighted by Gasteiger charge is 2.29. The lowest BCUT2D eigenvalue weighted by atomic mass is 9.86. The van der Waals surface area contributed by atoms with Crippen molar-refractivity contribution in [1.29, 1.82) is 0 Å². The number of likely N-dealkylation sites (tertiary alicyclic amines) is 1. The highest BCUT2D eigenvalue weighted by Crippen LogP contribution is 2.32. The van der Waals surface area contributed by atoms with Gasteiger partial charge in [-0.1, -0.05) is 36.4 Å². The van der Waals surface area contributed by atoms with Gasteiger partial charge >= 0.3 is 0 Å². The van der Waals surface area contributed by atoms with Gasteiger partial charge in [-0.2, -0.15) is 15.0 Å². The van der Waals surface area contributed by atoms with Gasteiger partial charge in [0.05, 0.1) is 17.6 Å². The molecule has 41 heavy (non-hydrogen) atoms. The Balaban J connectivity index is 1.37. The number of nitrogens with zero attached hydrogens (tertiary/aromatic N) is 6. The summed E-state index contributed by atoms with van der Waals surface area (Å²) >= 11 is 0. The number of rotatable bonds is 8. The second-order valence-electron chi connectivity index (χ2n) is 11.6. The molecule has 6 rings (SSSR count). The molecule has 216 valence electrons. The molecular formula is C30H36F2N8O. The van der Waals surface area contributed by atoms with Gasteiger partial charge in [0.15, 0.2) is 11.6 Å². The molecule has 0 bridgehead atoms. The average Bonchev–Trinajstić information content (AvgIpc) is 3.57. The topological polar surface area (TPSA) is 93.0 Å². The quantitative estimate of drug-likeness (QED) is 0.320. The number of hydrogen-bond donors (Lipinski definition) is 2. The molecule has 0 amide bonds. The van der Waals surface area contributed by atoms with E-state index >= 15 is 0 Å². The highest BCUT2D eigenvalue weighted by atomic mass is 19.3. The van der Waals surface area contributed by atoms with Crippen molar-refractivity contribution in [1.82, 2.24) is 34.7 Å². The molecule has 4 heterocycles.